The third kappa shape index (κ3) is 4.82. The topological polar surface area (TPSA) is 105 Å². The van der Waals surface area contributed by atoms with Gasteiger partial charge >= 0.3 is 15.7 Å². The van der Waals surface area contributed by atoms with E-state index in [-0.39, 0.29) is 5.41 Å². The van der Waals surface area contributed by atoms with Gasteiger partial charge in [-0.3, -0.25) is 14.3 Å². The summed E-state index contributed by atoms with van der Waals surface area (Å²) in [4.78, 5) is 26.4. The van der Waals surface area contributed by atoms with Gasteiger partial charge in [0.2, 0.25) is 0 Å². The molecule has 1 unspecified atom stereocenters. The van der Waals surface area contributed by atoms with Crippen LogP contribution < -0.4 is 16.0 Å². The SMILES string of the molecule is Cc1c(-c2ccc3cc(NS(C)(=O)=[OH+])ccc3c2)cc(-n2ccc(=O)[nH]c2=O)cc1C(C)(C)C. The van der Waals surface area contributed by atoms with Crippen LogP contribution in [0.1, 0.15) is 31.9 Å². The van der Waals surface area contributed by atoms with Crippen LogP contribution in [0, 0.1) is 6.92 Å². The van der Waals surface area contributed by atoms with Crippen molar-refractivity contribution in [3.63, 3.8) is 0 Å². The largest absolute Gasteiger partial charge is 0.363 e. The maximum absolute atomic E-state index is 12.5. The van der Waals surface area contributed by atoms with Crippen molar-refractivity contribution < 1.29 is 8.42 Å². The Labute approximate surface area is 198 Å². The fraction of sp³-hybridized carbons (Fsp3) is 0.231. The van der Waals surface area contributed by atoms with E-state index in [0.717, 1.165) is 33.0 Å². The van der Waals surface area contributed by atoms with E-state index < -0.39 is 21.3 Å². The lowest BCUT2D eigenvalue weighted by Crippen LogP contribution is -2.28. The third-order valence-corrected chi connectivity index (χ3v) is 6.38. The molecule has 8 heteroatoms. The van der Waals surface area contributed by atoms with Crippen molar-refractivity contribution >= 4 is 26.5 Å². The highest BCUT2D eigenvalue weighted by Gasteiger charge is 2.21. The minimum atomic E-state index is -3.11. The molecule has 0 aliphatic carbocycles. The number of nitrogens with one attached hydrogen (secondary N) is 2. The van der Waals surface area contributed by atoms with E-state index >= 15 is 0 Å². The van der Waals surface area contributed by atoms with Gasteiger partial charge < -0.3 is 0 Å². The Hall–Kier alpha value is -3.65. The summed E-state index contributed by atoms with van der Waals surface area (Å²) in [7, 11) is -3.11. The summed E-state index contributed by atoms with van der Waals surface area (Å²) in [6, 6.07) is 16.8. The standard InChI is InChI=1S/C26H27N3O4S/c1-16-22(19-7-6-18-13-20(28-34(5,32)33)9-8-17(18)12-19)14-21(15-23(16)26(2,3)4)29-11-10-24(30)27-25(29)31/h6-15H,1-5H3,(H,27,30,31)(H,28,32,33)/p+1. The molecule has 0 fully saturated rings. The van der Waals surface area contributed by atoms with Crippen LogP contribution in [0.3, 0.4) is 0 Å². The molecule has 1 atom stereocenters. The zero-order chi connectivity index (χ0) is 24.8. The summed E-state index contributed by atoms with van der Waals surface area (Å²) in [5.74, 6) is 0. The first kappa shape index (κ1) is 23.5. The zero-order valence-corrected chi connectivity index (χ0v) is 20.6. The summed E-state index contributed by atoms with van der Waals surface area (Å²) in [5.41, 5.74) is 4.32. The van der Waals surface area contributed by atoms with Gasteiger partial charge in [0.25, 0.3) is 5.56 Å². The van der Waals surface area contributed by atoms with Crippen LogP contribution in [0.2, 0.25) is 0 Å². The van der Waals surface area contributed by atoms with E-state index in [0.29, 0.717) is 11.4 Å². The summed E-state index contributed by atoms with van der Waals surface area (Å²) >= 11 is 0. The Morgan fingerprint density at radius 3 is 2.29 bits per heavy atom. The van der Waals surface area contributed by atoms with Crippen molar-refractivity contribution in [2.45, 2.75) is 33.1 Å². The van der Waals surface area contributed by atoms with Crippen molar-refractivity contribution in [2.24, 2.45) is 0 Å². The molecule has 0 amide bonds. The second-order valence-electron chi connectivity index (χ2n) is 9.58. The molecule has 0 spiro atoms. The van der Waals surface area contributed by atoms with E-state index in [1.165, 1.54) is 23.1 Å². The summed E-state index contributed by atoms with van der Waals surface area (Å²) in [5, 5.41) is 1.91. The van der Waals surface area contributed by atoms with Crippen molar-refractivity contribution in [1.29, 1.82) is 0 Å². The van der Waals surface area contributed by atoms with E-state index in [4.69, 9.17) is 0 Å². The first-order valence-electron chi connectivity index (χ1n) is 10.8. The lowest BCUT2D eigenvalue weighted by molar-refractivity contribution is 0.585. The van der Waals surface area contributed by atoms with E-state index in [9.17, 15) is 18.0 Å². The molecule has 4 aromatic rings. The number of rotatable bonds is 4. The summed E-state index contributed by atoms with van der Waals surface area (Å²) < 4.78 is 25.3. The second kappa shape index (κ2) is 8.29. The van der Waals surface area contributed by atoms with Gasteiger partial charge in [0.05, 0.1) is 11.4 Å². The predicted molar refractivity (Wildman–Crippen MR) is 139 cm³/mol. The number of hydrogen-bond acceptors (Lipinski definition) is 3. The minimum absolute atomic E-state index is 0.171. The van der Waals surface area contributed by atoms with Gasteiger partial charge in [-0.2, -0.15) is 4.21 Å². The summed E-state index contributed by atoms with van der Waals surface area (Å²) in [6.45, 7) is 8.45. The number of nitrogens with zero attached hydrogens (tertiary/aromatic N) is 1. The van der Waals surface area contributed by atoms with Gasteiger partial charge in [0.15, 0.2) is 0 Å². The molecule has 3 N–H and O–H groups in total. The molecule has 3 aromatic carbocycles. The number of anilines is 1. The monoisotopic (exact) mass is 478 g/mol. The molecule has 4 rings (SSSR count). The Bertz CT molecular complexity index is 1640. The Kier molecular flexibility index (Phi) is 5.73. The van der Waals surface area contributed by atoms with Crippen LogP contribution in [-0.2, 0) is 15.4 Å². The van der Waals surface area contributed by atoms with Gasteiger partial charge in [-0.15, -0.1) is 0 Å². The second-order valence-corrected chi connectivity index (χ2v) is 11.4. The zero-order valence-electron chi connectivity index (χ0n) is 19.8. The lowest BCUT2D eigenvalue weighted by atomic mass is 9.81. The number of H-pyrrole nitrogens is 1. The van der Waals surface area contributed by atoms with Gasteiger partial charge in [-0.05, 0) is 75.7 Å². The van der Waals surface area contributed by atoms with E-state index in [2.05, 4.69) is 43.5 Å². The first-order chi connectivity index (χ1) is 15.8. The number of aromatic amines is 1. The van der Waals surface area contributed by atoms with Gasteiger partial charge in [0.1, 0.15) is 6.26 Å². The lowest BCUT2D eigenvalue weighted by Gasteiger charge is -2.25. The molecular formula is C26H28N3O4S+. The molecule has 7 nitrogen and oxygen atoms in total. The Balaban J connectivity index is 1.91. The summed E-state index contributed by atoms with van der Waals surface area (Å²) in [6.07, 6.45) is 2.72. The van der Waals surface area contributed by atoms with Crippen LogP contribution in [0.25, 0.3) is 27.6 Å². The highest BCUT2D eigenvalue weighted by molar-refractivity contribution is 7.92. The van der Waals surface area contributed by atoms with Gasteiger partial charge in [0, 0.05) is 12.3 Å². The number of fused-ring (bicyclic) bond motifs is 1. The Morgan fingerprint density at radius 2 is 1.65 bits per heavy atom. The maximum atomic E-state index is 12.5. The highest BCUT2D eigenvalue weighted by Crippen LogP contribution is 2.36. The molecule has 34 heavy (non-hydrogen) atoms. The highest BCUT2D eigenvalue weighted by atomic mass is 32.2. The van der Waals surface area contributed by atoms with Crippen LogP contribution >= 0.6 is 0 Å². The first-order valence-corrected chi connectivity index (χ1v) is 12.8. The van der Waals surface area contributed by atoms with Gasteiger partial charge in [-0.1, -0.05) is 39.0 Å². The fourth-order valence-corrected chi connectivity index (χ4v) is 4.80. The number of aromatic nitrogens is 2. The van der Waals surface area contributed by atoms with Crippen LogP contribution in [0.5, 0.6) is 0 Å². The Morgan fingerprint density at radius 1 is 0.971 bits per heavy atom. The maximum Gasteiger partial charge on any atom is 0.363 e. The van der Waals surface area contributed by atoms with E-state index in [1.54, 1.807) is 6.07 Å². The molecule has 0 saturated heterocycles. The third-order valence-electron chi connectivity index (χ3n) is 5.76. The molecule has 0 saturated carbocycles. The van der Waals surface area contributed by atoms with Crippen molar-refractivity contribution in [2.75, 3.05) is 11.0 Å². The average Bonchev–Trinajstić information content (AvgIpc) is 2.72. The minimum Gasteiger partial charge on any atom is -0.274 e. The predicted octanol–water partition coefficient (Wildman–Crippen LogP) is 4.48. The van der Waals surface area contributed by atoms with Crippen molar-refractivity contribution in [1.82, 2.24) is 9.55 Å². The van der Waals surface area contributed by atoms with Crippen LogP contribution in [0.15, 0.2) is 70.4 Å². The van der Waals surface area contributed by atoms with Crippen molar-refractivity contribution in [3.05, 3.63) is 92.8 Å². The molecule has 1 aromatic heterocycles. The van der Waals surface area contributed by atoms with Crippen molar-refractivity contribution in [3.8, 4) is 16.8 Å². The molecule has 176 valence electrons. The molecule has 0 aliphatic rings. The fourth-order valence-electron chi connectivity index (χ4n) is 4.23. The number of benzene rings is 3. The molecular weight excluding hydrogens is 450 g/mol. The molecule has 0 bridgehead atoms. The molecule has 0 radical (unpaired) electrons. The van der Waals surface area contributed by atoms with Gasteiger partial charge in [-0.25, -0.2) is 13.7 Å². The molecule has 0 aliphatic heterocycles. The van der Waals surface area contributed by atoms with Crippen LogP contribution in [0.4, 0.5) is 5.69 Å². The normalized spacial score (nSPS) is 13.6. The molecule has 1 heterocycles. The van der Waals surface area contributed by atoms with Crippen LogP contribution in [-0.4, -0.2) is 24.2 Å². The quantitative estimate of drug-likeness (QED) is 0.423. The smallest absolute Gasteiger partial charge is 0.274 e. The van der Waals surface area contributed by atoms with E-state index in [1.807, 2.05) is 36.4 Å². The number of hydrogen-bond donors (Lipinski definition) is 2. The average molecular weight is 479 g/mol.